The molecule has 0 spiro atoms. The van der Waals surface area contributed by atoms with Gasteiger partial charge in [-0.2, -0.15) is 0 Å². The van der Waals surface area contributed by atoms with Crippen molar-refractivity contribution in [1.29, 1.82) is 0 Å². The van der Waals surface area contributed by atoms with Crippen LogP contribution in [-0.4, -0.2) is 25.2 Å². The number of benzene rings is 1. The van der Waals surface area contributed by atoms with E-state index >= 15 is 0 Å². The van der Waals surface area contributed by atoms with Gasteiger partial charge in [0.1, 0.15) is 0 Å². The summed E-state index contributed by atoms with van der Waals surface area (Å²) >= 11 is 5.82. The fourth-order valence-electron chi connectivity index (χ4n) is 2.23. The van der Waals surface area contributed by atoms with E-state index in [9.17, 15) is 4.39 Å². The Morgan fingerprint density at radius 3 is 3.00 bits per heavy atom. The number of hydrogen-bond acceptors (Lipinski definition) is 2. The van der Waals surface area contributed by atoms with E-state index in [0.29, 0.717) is 5.69 Å². The quantitative estimate of drug-likeness (QED) is 0.875. The lowest BCUT2D eigenvalue weighted by Gasteiger charge is -2.42. The Morgan fingerprint density at radius 1 is 1.53 bits per heavy atom. The molecule has 94 valence electrons. The highest BCUT2D eigenvalue weighted by Gasteiger charge is 2.30. The van der Waals surface area contributed by atoms with Gasteiger partial charge in [0.25, 0.3) is 0 Å². The Hall–Kier alpha value is -0.800. The second-order valence-corrected chi connectivity index (χ2v) is 5.24. The van der Waals surface area contributed by atoms with Crippen LogP contribution in [0.4, 0.5) is 10.1 Å². The molecule has 0 aliphatic carbocycles. The second kappa shape index (κ2) is 4.83. The van der Waals surface area contributed by atoms with Crippen molar-refractivity contribution in [2.45, 2.75) is 25.8 Å². The van der Waals surface area contributed by atoms with Gasteiger partial charge < -0.3 is 10.2 Å². The molecular weight excluding hydrogens is 239 g/mol. The largest absolute Gasteiger partial charge is 0.366 e. The molecule has 2 rings (SSSR count). The van der Waals surface area contributed by atoms with Crippen LogP contribution in [0.3, 0.4) is 0 Å². The first-order valence-electron chi connectivity index (χ1n) is 6.00. The number of halogens is 2. The highest BCUT2D eigenvalue weighted by molar-refractivity contribution is 6.31. The third-order valence-electron chi connectivity index (χ3n) is 3.53. The lowest BCUT2D eigenvalue weighted by Crippen LogP contribution is -2.58. The predicted molar refractivity (Wildman–Crippen MR) is 70.3 cm³/mol. The van der Waals surface area contributed by atoms with Crippen molar-refractivity contribution in [3.63, 3.8) is 0 Å². The van der Waals surface area contributed by atoms with Crippen molar-refractivity contribution < 1.29 is 4.39 Å². The molecule has 17 heavy (non-hydrogen) atoms. The maximum Gasteiger partial charge on any atom is 0.165 e. The molecule has 1 aromatic rings. The van der Waals surface area contributed by atoms with E-state index in [4.69, 9.17) is 11.6 Å². The SMILES string of the molecule is CCC1(C)CN(c2cccc(Cl)c2F)CCN1. The van der Waals surface area contributed by atoms with E-state index in [-0.39, 0.29) is 16.4 Å². The zero-order chi connectivity index (χ0) is 12.5. The van der Waals surface area contributed by atoms with Gasteiger partial charge in [-0.25, -0.2) is 4.39 Å². The summed E-state index contributed by atoms with van der Waals surface area (Å²) in [5.41, 5.74) is 0.659. The van der Waals surface area contributed by atoms with E-state index < -0.39 is 0 Å². The number of nitrogens with one attached hydrogen (secondary N) is 1. The molecule has 0 aromatic heterocycles. The third-order valence-corrected chi connectivity index (χ3v) is 3.82. The second-order valence-electron chi connectivity index (χ2n) is 4.84. The minimum Gasteiger partial charge on any atom is -0.366 e. The van der Waals surface area contributed by atoms with Gasteiger partial charge in [-0.05, 0) is 25.5 Å². The van der Waals surface area contributed by atoms with E-state index in [1.165, 1.54) is 0 Å². The van der Waals surface area contributed by atoms with E-state index in [2.05, 4.69) is 24.1 Å². The van der Waals surface area contributed by atoms with Crippen LogP contribution in [0, 0.1) is 5.82 Å². The van der Waals surface area contributed by atoms with Gasteiger partial charge in [0.05, 0.1) is 10.7 Å². The molecule has 4 heteroatoms. The minimum atomic E-state index is -0.311. The van der Waals surface area contributed by atoms with Crippen LogP contribution in [0.1, 0.15) is 20.3 Å². The summed E-state index contributed by atoms with van der Waals surface area (Å²) in [6.07, 6.45) is 1.02. The van der Waals surface area contributed by atoms with Gasteiger partial charge in [-0.1, -0.05) is 24.6 Å². The van der Waals surface area contributed by atoms with Crippen molar-refractivity contribution >= 4 is 17.3 Å². The first-order valence-corrected chi connectivity index (χ1v) is 6.37. The topological polar surface area (TPSA) is 15.3 Å². The smallest absolute Gasteiger partial charge is 0.165 e. The highest BCUT2D eigenvalue weighted by Crippen LogP contribution is 2.28. The summed E-state index contributed by atoms with van der Waals surface area (Å²) in [7, 11) is 0. The summed E-state index contributed by atoms with van der Waals surface area (Å²) in [6.45, 7) is 6.80. The molecule has 1 N–H and O–H groups in total. The summed E-state index contributed by atoms with van der Waals surface area (Å²) < 4.78 is 13.9. The van der Waals surface area contributed by atoms with Gasteiger partial charge in [-0.3, -0.25) is 0 Å². The van der Waals surface area contributed by atoms with E-state index in [1.54, 1.807) is 18.2 Å². The van der Waals surface area contributed by atoms with Crippen molar-refractivity contribution in [3.05, 3.63) is 29.0 Å². The van der Waals surface area contributed by atoms with E-state index in [0.717, 1.165) is 26.1 Å². The van der Waals surface area contributed by atoms with Crippen LogP contribution in [0.15, 0.2) is 18.2 Å². The highest BCUT2D eigenvalue weighted by atomic mass is 35.5. The third kappa shape index (κ3) is 2.55. The Balaban J connectivity index is 2.25. The molecule has 1 saturated heterocycles. The summed E-state index contributed by atoms with van der Waals surface area (Å²) in [5, 5.41) is 3.68. The molecule has 1 atom stereocenters. The lowest BCUT2D eigenvalue weighted by molar-refractivity contribution is 0.313. The molecule has 0 bridgehead atoms. The number of hydrogen-bond donors (Lipinski definition) is 1. The van der Waals surface area contributed by atoms with Crippen LogP contribution >= 0.6 is 11.6 Å². The van der Waals surface area contributed by atoms with Gasteiger partial charge >= 0.3 is 0 Å². The van der Waals surface area contributed by atoms with Crippen LogP contribution in [0.5, 0.6) is 0 Å². The van der Waals surface area contributed by atoms with Crippen molar-refractivity contribution in [2.75, 3.05) is 24.5 Å². The maximum absolute atomic E-state index is 13.9. The summed E-state index contributed by atoms with van der Waals surface area (Å²) in [4.78, 5) is 2.07. The molecule has 0 radical (unpaired) electrons. The first-order chi connectivity index (χ1) is 8.06. The average Bonchev–Trinajstić information content (AvgIpc) is 2.33. The Bertz CT molecular complexity index is 410. The fourth-order valence-corrected chi connectivity index (χ4v) is 2.40. The molecule has 1 fully saturated rings. The van der Waals surface area contributed by atoms with Crippen LogP contribution in [0.2, 0.25) is 5.02 Å². The van der Waals surface area contributed by atoms with Crippen molar-refractivity contribution in [2.24, 2.45) is 0 Å². The van der Waals surface area contributed by atoms with Gasteiger partial charge in [-0.15, -0.1) is 0 Å². The van der Waals surface area contributed by atoms with E-state index in [1.807, 2.05) is 0 Å². The normalized spacial score (nSPS) is 25.1. The molecule has 1 unspecified atom stereocenters. The Kier molecular flexibility index (Phi) is 3.59. The standard InChI is InChI=1S/C13H18ClFN2/c1-3-13(2)9-17(8-7-16-13)11-6-4-5-10(14)12(11)15/h4-6,16H,3,7-9H2,1-2H3. The number of nitrogens with zero attached hydrogens (tertiary/aromatic N) is 1. The number of rotatable bonds is 2. The fraction of sp³-hybridized carbons (Fsp3) is 0.538. The van der Waals surface area contributed by atoms with Crippen molar-refractivity contribution in [3.8, 4) is 0 Å². The summed E-state index contributed by atoms with van der Waals surface area (Å²) in [6, 6.07) is 5.18. The molecule has 1 aliphatic rings. The zero-order valence-corrected chi connectivity index (χ0v) is 11.0. The molecule has 1 aromatic carbocycles. The average molecular weight is 257 g/mol. The van der Waals surface area contributed by atoms with Crippen LogP contribution in [0.25, 0.3) is 0 Å². The predicted octanol–water partition coefficient (Wildman–Crippen LogP) is 3.06. The number of anilines is 1. The monoisotopic (exact) mass is 256 g/mol. The lowest BCUT2D eigenvalue weighted by atomic mass is 9.95. The number of piperazine rings is 1. The van der Waals surface area contributed by atoms with Crippen LogP contribution < -0.4 is 10.2 Å². The Morgan fingerprint density at radius 2 is 2.29 bits per heavy atom. The molecule has 1 aliphatic heterocycles. The van der Waals surface area contributed by atoms with Crippen LogP contribution in [-0.2, 0) is 0 Å². The maximum atomic E-state index is 13.9. The van der Waals surface area contributed by atoms with Gasteiger partial charge in [0, 0.05) is 25.2 Å². The van der Waals surface area contributed by atoms with Gasteiger partial charge in [0.2, 0.25) is 0 Å². The molecule has 2 nitrogen and oxygen atoms in total. The molecule has 0 amide bonds. The molecule has 0 saturated carbocycles. The zero-order valence-electron chi connectivity index (χ0n) is 10.3. The van der Waals surface area contributed by atoms with Crippen molar-refractivity contribution in [1.82, 2.24) is 5.32 Å². The summed E-state index contributed by atoms with van der Waals surface area (Å²) in [5.74, 6) is -0.311. The molecular formula is C13H18ClFN2. The minimum absolute atomic E-state index is 0.0486. The van der Waals surface area contributed by atoms with Gasteiger partial charge in [0.15, 0.2) is 5.82 Å². The molecule has 1 heterocycles. The Labute approximate surface area is 107 Å². The first kappa shape index (κ1) is 12.7.